The molecule has 0 spiro atoms. The Labute approximate surface area is 128 Å². The number of hydrogen-bond donors (Lipinski definition) is 1. The van der Waals surface area contributed by atoms with Gasteiger partial charge in [0.25, 0.3) is 5.91 Å². The van der Waals surface area contributed by atoms with Crippen LogP contribution in [0.3, 0.4) is 0 Å². The lowest BCUT2D eigenvalue weighted by atomic mass is 10.1. The monoisotopic (exact) mass is 298 g/mol. The minimum atomic E-state index is 0.0455. The highest BCUT2D eigenvalue weighted by molar-refractivity contribution is 5.95. The molecule has 2 aliphatic rings. The number of hydrogen-bond acceptors (Lipinski definition) is 4. The van der Waals surface area contributed by atoms with E-state index in [0.29, 0.717) is 42.7 Å². The molecule has 0 aromatic carbocycles. The molecule has 22 heavy (non-hydrogen) atoms. The van der Waals surface area contributed by atoms with Crippen molar-refractivity contribution in [1.82, 2.24) is 19.9 Å². The molecule has 6 heteroatoms. The number of amides is 1. The van der Waals surface area contributed by atoms with Gasteiger partial charge in [-0.2, -0.15) is 0 Å². The van der Waals surface area contributed by atoms with Crippen LogP contribution in [0.1, 0.15) is 23.2 Å². The van der Waals surface area contributed by atoms with Gasteiger partial charge in [-0.05, 0) is 30.9 Å². The summed E-state index contributed by atoms with van der Waals surface area (Å²) in [6, 6.07) is 3.55. The maximum atomic E-state index is 12.7. The summed E-state index contributed by atoms with van der Waals surface area (Å²) in [5.74, 6) is 1.36. The van der Waals surface area contributed by atoms with Crippen molar-refractivity contribution in [2.45, 2.75) is 18.9 Å². The van der Waals surface area contributed by atoms with Crippen LogP contribution < -0.4 is 0 Å². The fourth-order valence-corrected chi connectivity index (χ4v) is 2.89. The van der Waals surface area contributed by atoms with Crippen LogP contribution >= 0.6 is 0 Å². The van der Waals surface area contributed by atoms with Crippen molar-refractivity contribution in [1.29, 1.82) is 0 Å². The predicted molar refractivity (Wildman–Crippen MR) is 80.2 cm³/mol. The molecule has 2 aromatic heterocycles. The summed E-state index contributed by atoms with van der Waals surface area (Å²) in [6.45, 7) is 1.98. The number of aromatic amines is 1. The summed E-state index contributed by atoms with van der Waals surface area (Å²) in [4.78, 5) is 26.1. The van der Waals surface area contributed by atoms with E-state index in [-0.39, 0.29) is 12.0 Å². The van der Waals surface area contributed by atoms with Crippen LogP contribution in [0.15, 0.2) is 30.7 Å². The lowest BCUT2D eigenvalue weighted by Crippen LogP contribution is -2.46. The third kappa shape index (κ3) is 2.62. The highest BCUT2D eigenvalue weighted by atomic mass is 16.5. The zero-order valence-corrected chi connectivity index (χ0v) is 12.2. The average Bonchev–Trinajstić information content (AvgIpc) is 3.29. The van der Waals surface area contributed by atoms with Crippen LogP contribution in [-0.4, -0.2) is 51.6 Å². The molecule has 1 saturated carbocycles. The fourth-order valence-electron chi connectivity index (χ4n) is 2.89. The van der Waals surface area contributed by atoms with Crippen LogP contribution in [-0.2, 0) is 4.74 Å². The van der Waals surface area contributed by atoms with Gasteiger partial charge >= 0.3 is 0 Å². The van der Waals surface area contributed by atoms with E-state index < -0.39 is 0 Å². The number of aromatic nitrogens is 3. The van der Waals surface area contributed by atoms with Gasteiger partial charge in [-0.3, -0.25) is 9.78 Å². The number of morpholine rings is 1. The lowest BCUT2D eigenvalue weighted by Gasteiger charge is -2.33. The van der Waals surface area contributed by atoms with Crippen LogP contribution in [0.5, 0.6) is 0 Å². The van der Waals surface area contributed by atoms with E-state index in [9.17, 15) is 4.79 Å². The molecule has 1 aliphatic carbocycles. The van der Waals surface area contributed by atoms with E-state index in [4.69, 9.17) is 4.74 Å². The van der Waals surface area contributed by atoms with Crippen molar-refractivity contribution in [2.24, 2.45) is 5.92 Å². The molecular weight excluding hydrogens is 280 g/mol. The molecule has 1 N–H and O–H groups in total. The molecule has 0 bridgehead atoms. The molecule has 1 saturated heterocycles. The van der Waals surface area contributed by atoms with Gasteiger partial charge in [-0.25, -0.2) is 4.98 Å². The molecule has 6 nitrogen and oxygen atoms in total. The Morgan fingerprint density at radius 2 is 2.23 bits per heavy atom. The van der Waals surface area contributed by atoms with E-state index in [0.717, 1.165) is 0 Å². The smallest absolute Gasteiger partial charge is 0.254 e. The quantitative estimate of drug-likeness (QED) is 0.936. The molecule has 1 unspecified atom stereocenters. The Bertz CT molecular complexity index is 667. The van der Waals surface area contributed by atoms with Crippen molar-refractivity contribution in [2.75, 3.05) is 19.7 Å². The second-order valence-corrected chi connectivity index (χ2v) is 5.87. The average molecular weight is 298 g/mol. The minimum Gasteiger partial charge on any atom is -0.374 e. The van der Waals surface area contributed by atoms with Crippen molar-refractivity contribution in [3.8, 4) is 11.5 Å². The second-order valence-electron chi connectivity index (χ2n) is 5.87. The molecule has 1 aliphatic heterocycles. The van der Waals surface area contributed by atoms with E-state index in [1.807, 2.05) is 4.90 Å². The molecule has 3 heterocycles. The Morgan fingerprint density at radius 3 is 3.00 bits per heavy atom. The first-order valence-electron chi connectivity index (χ1n) is 7.68. The number of carbonyl (C=O) groups excluding carboxylic acids is 1. The van der Waals surface area contributed by atoms with Crippen molar-refractivity contribution in [3.05, 3.63) is 36.3 Å². The van der Waals surface area contributed by atoms with E-state index in [1.54, 1.807) is 30.7 Å². The number of imidazole rings is 1. The molecule has 2 aromatic rings. The summed E-state index contributed by atoms with van der Waals surface area (Å²) in [6.07, 6.45) is 7.74. The third-order valence-electron chi connectivity index (χ3n) is 4.28. The molecule has 4 rings (SSSR count). The van der Waals surface area contributed by atoms with Gasteiger partial charge in [-0.1, -0.05) is 0 Å². The minimum absolute atomic E-state index is 0.0455. The first kappa shape index (κ1) is 13.5. The van der Waals surface area contributed by atoms with Gasteiger partial charge in [0.2, 0.25) is 0 Å². The Kier molecular flexibility index (Phi) is 3.38. The van der Waals surface area contributed by atoms with E-state index in [2.05, 4.69) is 15.0 Å². The third-order valence-corrected chi connectivity index (χ3v) is 4.28. The van der Waals surface area contributed by atoms with Crippen molar-refractivity contribution < 1.29 is 9.53 Å². The number of ether oxygens (including phenoxy) is 1. The number of pyridine rings is 1. The second kappa shape index (κ2) is 5.53. The van der Waals surface area contributed by atoms with E-state index in [1.165, 1.54) is 12.8 Å². The van der Waals surface area contributed by atoms with E-state index >= 15 is 0 Å². The number of nitrogens with one attached hydrogen (secondary N) is 1. The number of carbonyl (C=O) groups is 1. The molecule has 114 valence electrons. The fraction of sp³-hybridized carbons (Fsp3) is 0.438. The highest BCUT2D eigenvalue weighted by Crippen LogP contribution is 2.35. The first-order chi connectivity index (χ1) is 10.8. The van der Waals surface area contributed by atoms with Gasteiger partial charge in [-0.15, -0.1) is 0 Å². The largest absolute Gasteiger partial charge is 0.374 e. The first-order valence-corrected chi connectivity index (χ1v) is 7.68. The van der Waals surface area contributed by atoms with Crippen LogP contribution in [0.4, 0.5) is 0 Å². The summed E-state index contributed by atoms with van der Waals surface area (Å²) in [5.41, 5.74) is 1.33. The van der Waals surface area contributed by atoms with Crippen molar-refractivity contribution in [3.63, 3.8) is 0 Å². The number of rotatable bonds is 3. The van der Waals surface area contributed by atoms with Crippen LogP contribution in [0.2, 0.25) is 0 Å². The maximum Gasteiger partial charge on any atom is 0.254 e. The van der Waals surface area contributed by atoms with Crippen LogP contribution in [0, 0.1) is 5.92 Å². The van der Waals surface area contributed by atoms with Crippen molar-refractivity contribution >= 4 is 5.91 Å². The lowest BCUT2D eigenvalue weighted by molar-refractivity contribution is -0.0313. The number of H-pyrrole nitrogens is 1. The van der Waals surface area contributed by atoms with Gasteiger partial charge in [0.1, 0.15) is 5.69 Å². The van der Waals surface area contributed by atoms with Gasteiger partial charge in [0.15, 0.2) is 5.82 Å². The summed E-state index contributed by atoms with van der Waals surface area (Å²) in [7, 11) is 0. The Hall–Kier alpha value is -2.21. The number of nitrogens with zero attached hydrogens (tertiary/aromatic N) is 3. The normalized spacial score (nSPS) is 21.8. The summed E-state index contributed by atoms with van der Waals surface area (Å²) < 4.78 is 5.78. The molecule has 1 amide bonds. The van der Waals surface area contributed by atoms with Crippen LogP contribution in [0.25, 0.3) is 11.5 Å². The topological polar surface area (TPSA) is 71.1 Å². The maximum absolute atomic E-state index is 12.7. The van der Waals surface area contributed by atoms with Gasteiger partial charge in [0.05, 0.1) is 12.7 Å². The Balaban J connectivity index is 1.53. The standard InChI is InChI=1S/C16H18N4O2/c21-16(20-7-8-22-14(10-20)11-1-2-11)12-3-4-17-13(9-12)15-18-5-6-19-15/h3-6,9,11,14H,1-2,7-8,10H2,(H,18,19). The van der Waals surface area contributed by atoms with Gasteiger partial charge < -0.3 is 14.6 Å². The molecule has 1 atom stereocenters. The summed E-state index contributed by atoms with van der Waals surface area (Å²) in [5, 5.41) is 0. The summed E-state index contributed by atoms with van der Waals surface area (Å²) >= 11 is 0. The zero-order chi connectivity index (χ0) is 14.9. The molecule has 2 fully saturated rings. The molecule has 0 radical (unpaired) electrons. The SMILES string of the molecule is O=C(c1ccnc(-c2ncc[nH]2)c1)N1CCOC(C2CC2)C1. The zero-order valence-electron chi connectivity index (χ0n) is 12.2. The predicted octanol–water partition coefficient (Wildman–Crippen LogP) is 1.72. The molecular formula is C16H18N4O2. The van der Waals surface area contributed by atoms with Gasteiger partial charge in [0, 0.05) is 37.2 Å². The Morgan fingerprint density at radius 1 is 1.32 bits per heavy atom. The highest BCUT2D eigenvalue weighted by Gasteiger charge is 2.36.